The van der Waals surface area contributed by atoms with E-state index in [9.17, 15) is 4.79 Å². The average molecular weight is 267 g/mol. The zero-order valence-corrected chi connectivity index (χ0v) is 11.8. The lowest BCUT2D eigenvalue weighted by Gasteiger charge is -2.20. The third-order valence-corrected chi connectivity index (χ3v) is 3.05. The summed E-state index contributed by atoms with van der Waals surface area (Å²) in [7, 11) is 3.19. The molecule has 0 saturated heterocycles. The molecule has 0 aromatic heterocycles. The molecule has 0 bridgehead atoms. The lowest BCUT2D eigenvalue weighted by molar-refractivity contribution is -0.147. The van der Waals surface area contributed by atoms with Crippen molar-refractivity contribution in [2.24, 2.45) is 5.41 Å². The molecule has 1 aromatic carbocycles. The van der Waals surface area contributed by atoms with Crippen molar-refractivity contribution in [1.82, 2.24) is 0 Å². The van der Waals surface area contributed by atoms with Crippen molar-refractivity contribution < 1.29 is 19.4 Å². The highest BCUT2D eigenvalue weighted by atomic mass is 16.5. The van der Waals surface area contributed by atoms with Crippen LogP contribution in [-0.4, -0.2) is 31.8 Å². The van der Waals surface area contributed by atoms with Crippen LogP contribution in [0.15, 0.2) is 18.2 Å². The number of methoxy groups -OCH3 is 2. The minimum atomic E-state index is -0.799. The van der Waals surface area contributed by atoms with Crippen LogP contribution in [0.2, 0.25) is 0 Å². The summed E-state index contributed by atoms with van der Waals surface area (Å²) < 4.78 is 10.4. The highest BCUT2D eigenvalue weighted by molar-refractivity contribution is 5.73. The zero-order valence-electron chi connectivity index (χ0n) is 11.8. The lowest BCUT2D eigenvalue weighted by atomic mass is 9.90. The number of aliphatic carboxylic acids is 1. The van der Waals surface area contributed by atoms with Crippen LogP contribution >= 0.6 is 0 Å². The number of benzene rings is 1. The van der Waals surface area contributed by atoms with Gasteiger partial charge in [0.05, 0.1) is 25.3 Å². The summed E-state index contributed by atoms with van der Waals surface area (Å²) >= 11 is 0. The normalized spacial score (nSPS) is 10.9. The molecule has 0 amide bonds. The van der Waals surface area contributed by atoms with Gasteiger partial charge in [-0.05, 0) is 32.4 Å². The number of anilines is 1. The van der Waals surface area contributed by atoms with Gasteiger partial charge in [-0.1, -0.05) is 0 Å². The predicted molar refractivity (Wildman–Crippen MR) is 74.1 cm³/mol. The third-order valence-electron chi connectivity index (χ3n) is 3.05. The van der Waals surface area contributed by atoms with Gasteiger partial charge in [0.2, 0.25) is 0 Å². The number of carbonyl (C=O) groups is 1. The molecule has 0 aliphatic rings. The molecule has 0 unspecified atom stereocenters. The van der Waals surface area contributed by atoms with E-state index in [1.165, 1.54) is 0 Å². The van der Waals surface area contributed by atoms with Crippen LogP contribution < -0.4 is 14.8 Å². The molecule has 1 rings (SSSR count). The summed E-state index contributed by atoms with van der Waals surface area (Å²) in [5.74, 6) is 0.627. The maximum atomic E-state index is 11.0. The lowest BCUT2D eigenvalue weighted by Crippen LogP contribution is -2.26. The van der Waals surface area contributed by atoms with E-state index in [0.717, 1.165) is 11.4 Å². The zero-order chi connectivity index (χ0) is 14.5. The van der Waals surface area contributed by atoms with Crippen molar-refractivity contribution >= 4 is 11.7 Å². The van der Waals surface area contributed by atoms with Gasteiger partial charge in [-0.2, -0.15) is 0 Å². The first kappa shape index (κ1) is 15.1. The van der Waals surface area contributed by atoms with Crippen LogP contribution in [0.5, 0.6) is 11.5 Å². The van der Waals surface area contributed by atoms with E-state index < -0.39 is 11.4 Å². The predicted octanol–water partition coefficient (Wildman–Crippen LogP) is 2.62. The van der Waals surface area contributed by atoms with Crippen LogP contribution in [0.1, 0.15) is 20.3 Å². The summed E-state index contributed by atoms with van der Waals surface area (Å²) in [6, 6.07) is 5.45. The van der Waals surface area contributed by atoms with Gasteiger partial charge in [-0.25, -0.2) is 0 Å². The SMILES string of the molecule is COc1ccc(OC)c(NCCC(C)(C)C(=O)O)c1. The Labute approximate surface area is 113 Å². The van der Waals surface area contributed by atoms with Crippen LogP contribution in [0.4, 0.5) is 5.69 Å². The molecule has 19 heavy (non-hydrogen) atoms. The van der Waals surface area contributed by atoms with E-state index in [2.05, 4.69) is 5.32 Å². The molecular formula is C14H21NO4. The Bertz CT molecular complexity index is 443. The van der Waals surface area contributed by atoms with Crippen molar-refractivity contribution in [3.8, 4) is 11.5 Å². The Morgan fingerprint density at radius 2 is 2.00 bits per heavy atom. The molecule has 5 nitrogen and oxygen atoms in total. The summed E-state index contributed by atoms with van der Waals surface area (Å²) in [5, 5.41) is 12.2. The maximum Gasteiger partial charge on any atom is 0.309 e. The van der Waals surface area contributed by atoms with Crippen molar-refractivity contribution in [2.75, 3.05) is 26.1 Å². The van der Waals surface area contributed by atoms with Crippen molar-refractivity contribution in [1.29, 1.82) is 0 Å². The monoisotopic (exact) mass is 267 g/mol. The number of rotatable bonds is 7. The molecule has 0 radical (unpaired) electrons. The van der Waals surface area contributed by atoms with Gasteiger partial charge in [0, 0.05) is 12.6 Å². The molecule has 0 aliphatic carbocycles. The molecule has 0 atom stereocenters. The van der Waals surface area contributed by atoms with E-state index in [0.29, 0.717) is 18.7 Å². The number of carboxylic acid groups (broad SMARTS) is 1. The molecule has 0 spiro atoms. The van der Waals surface area contributed by atoms with Crippen LogP contribution in [-0.2, 0) is 4.79 Å². The standard InChI is InChI=1S/C14H21NO4/c1-14(2,13(16)17)7-8-15-11-9-10(18-3)5-6-12(11)19-4/h5-6,9,15H,7-8H2,1-4H3,(H,16,17). The van der Waals surface area contributed by atoms with Gasteiger partial charge in [0.1, 0.15) is 11.5 Å². The number of ether oxygens (including phenoxy) is 2. The minimum absolute atomic E-state index is 0.517. The summed E-state index contributed by atoms with van der Waals surface area (Å²) in [4.78, 5) is 11.0. The Morgan fingerprint density at radius 1 is 1.32 bits per heavy atom. The molecule has 1 aromatic rings. The van der Waals surface area contributed by atoms with Gasteiger partial charge in [-0.15, -0.1) is 0 Å². The Balaban J connectivity index is 2.69. The minimum Gasteiger partial charge on any atom is -0.497 e. The summed E-state index contributed by atoms with van der Waals surface area (Å²) in [6.07, 6.45) is 0.517. The van der Waals surface area contributed by atoms with E-state index in [1.807, 2.05) is 18.2 Å². The number of carboxylic acids is 1. The third kappa shape index (κ3) is 4.05. The van der Waals surface area contributed by atoms with Gasteiger partial charge < -0.3 is 19.9 Å². The second-order valence-electron chi connectivity index (χ2n) is 4.93. The molecule has 0 fully saturated rings. The second-order valence-corrected chi connectivity index (χ2v) is 4.93. The molecule has 0 heterocycles. The van der Waals surface area contributed by atoms with Gasteiger partial charge in [0.25, 0.3) is 0 Å². The number of hydrogen-bond donors (Lipinski definition) is 2. The van der Waals surface area contributed by atoms with Gasteiger partial charge in [0.15, 0.2) is 0 Å². The first-order chi connectivity index (χ1) is 8.90. The number of hydrogen-bond acceptors (Lipinski definition) is 4. The fourth-order valence-electron chi connectivity index (χ4n) is 1.57. The Hall–Kier alpha value is -1.91. The van der Waals surface area contributed by atoms with Crippen molar-refractivity contribution in [2.45, 2.75) is 20.3 Å². The average Bonchev–Trinajstić information content (AvgIpc) is 2.38. The van der Waals surface area contributed by atoms with Crippen LogP contribution in [0.25, 0.3) is 0 Å². The van der Waals surface area contributed by atoms with E-state index in [1.54, 1.807) is 28.1 Å². The smallest absolute Gasteiger partial charge is 0.309 e. The molecule has 0 aliphatic heterocycles. The quantitative estimate of drug-likeness (QED) is 0.795. The fourth-order valence-corrected chi connectivity index (χ4v) is 1.57. The maximum absolute atomic E-state index is 11.0. The fraction of sp³-hybridized carbons (Fsp3) is 0.500. The Morgan fingerprint density at radius 3 is 2.53 bits per heavy atom. The molecule has 5 heteroatoms. The highest BCUT2D eigenvalue weighted by Crippen LogP contribution is 2.29. The largest absolute Gasteiger partial charge is 0.497 e. The first-order valence-electron chi connectivity index (χ1n) is 6.10. The highest BCUT2D eigenvalue weighted by Gasteiger charge is 2.26. The van der Waals surface area contributed by atoms with Gasteiger partial charge in [-0.3, -0.25) is 4.79 Å². The van der Waals surface area contributed by atoms with Gasteiger partial charge >= 0.3 is 5.97 Å². The second kappa shape index (κ2) is 6.31. The van der Waals surface area contributed by atoms with E-state index in [-0.39, 0.29) is 0 Å². The number of nitrogens with one attached hydrogen (secondary N) is 1. The topological polar surface area (TPSA) is 67.8 Å². The summed E-state index contributed by atoms with van der Waals surface area (Å²) in [5.41, 5.74) is 0.0436. The Kier molecular flexibility index (Phi) is 5.03. The van der Waals surface area contributed by atoms with Crippen LogP contribution in [0, 0.1) is 5.41 Å². The van der Waals surface area contributed by atoms with Crippen molar-refractivity contribution in [3.05, 3.63) is 18.2 Å². The molecule has 2 N–H and O–H groups in total. The molecule has 106 valence electrons. The first-order valence-corrected chi connectivity index (χ1v) is 6.10. The van der Waals surface area contributed by atoms with Crippen LogP contribution in [0.3, 0.4) is 0 Å². The van der Waals surface area contributed by atoms with E-state index in [4.69, 9.17) is 14.6 Å². The molecule has 0 saturated carbocycles. The van der Waals surface area contributed by atoms with E-state index >= 15 is 0 Å². The van der Waals surface area contributed by atoms with Crippen molar-refractivity contribution in [3.63, 3.8) is 0 Å². The summed E-state index contributed by atoms with van der Waals surface area (Å²) in [6.45, 7) is 3.96. The molecular weight excluding hydrogens is 246 g/mol.